The van der Waals surface area contributed by atoms with E-state index < -0.39 is 0 Å². The molecule has 0 saturated carbocycles. The summed E-state index contributed by atoms with van der Waals surface area (Å²) in [5.41, 5.74) is 7.28. The van der Waals surface area contributed by atoms with Crippen molar-refractivity contribution in [3.63, 3.8) is 0 Å². The first kappa shape index (κ1) is 12.2. The van der Waals surface area contributed by atoms with Gasteiger partial charge >= 0.3 is 0 Å². The minimum atomic E-state index is 0.530. The Balaban J connectivity index is 2.29. The maximum Gasteiger partial charge on any atom is 0.189 e. The van der Waals surface area contributed by atoms with Crippen LogP contribution >= 0.6 is 27.7 Å². The van der Waals surface area contributed by atoms with Crippen molar-refractivity contribution >= 4 is 44.9 Å². The molecule has 0 aliphatic heterocycles. The number of rotatable bonds is 3. The van der Waals surface area contributed by atoms with E-state index in [1.54, 1.807) is 6.20 Å². The van der Waals surface area contributed by atoms with E-state index in [4.69, 9.17) is 5.73 Å². The Morgan fingerprint density at radius 2 is 2.24 bits per heavy atom. The minimum Gasteiger partial charge on any atom is -0.394 e. The second-order valence-corrected chi connectivity index (χ2v) is 4.99. The van der Waals surface area contributed by atoms with Crippen LogP contribution < -0.4 is 11.1 Å². The molecule has 0 spiro atoms. The predicted octanol–water partition coefficient (Wildman–Crippen LogP) is 3.29. The first-order valence-electron chi connectivity index (χ1n) is 4.88. The number of aromatic nitrogens is 2. The fraction of sp³-hybridized carbons (Fsp3) is 0.0909. The van der Waals surface area contributed by atoms with Crippen LogP contribution in [0, 0.1) is 0 Å². The molecule has 1 aromatic carbocycles. The molecule has 0 radical (unpaired) electrons. The Kier molecular flexibility index (Phi) is 3.86. The Labute approximate surface area is 112 Å². The number of anilines is 3. The summed E-state index contributed by atoms with van der Waals surface area (Å²) in [4.78, 5) is 8.41. The van der Waals surface area contributed by atoms with Gasteiger partial charge in [0, 0.05) is 10.2 Å². The van der Waals surface area contributed by atoms with Crippen molar-refractivity contribution in [1.82, 2.24) is 9.97 Å². The molecule has 2 rings (SSSR count). The Morgan fingerprint density at radius 3 is 2.94 bits per heavy atom. The summed E-state index contributed by atoms with van der Waals surface area (Å²) in [5.74, 6) is 0.627. The molecule has 17 heavy (non-hydrogen) atoms. The zero-order valence-electron chi connectivity index (χ0n) is 9.14. The summed E-state index contributed by atoms with van der Waals surface area (Å²) in [7, 11) is 0. The number of hydrogen-bond acceptors (Lipinski definition) is 5. The molecule has 88 valence electrons. The molecular formula is C11H11BrN4S. The van der Waals surface area contributed by atoms with Gasteiger partial charge in [-0.05, 0) is 24.5 Å². The summed E-state index contributed by atoms with van der Waals surface area (Å²) < 4.78 is 1.00. The predicted molar refractivity (Wildman–Crippen MR) is 75.7 cm³/mol. The molecule has 2 aromatic rings. The Morgan fingerprint density at radius 1 is 1.41 bits per heavy atom. The van der Waals surface area contributed by atoms with E-state index in [0.717, 1.165) is 10.2 Å². The van der Waals surface area contributed by atoms with E-state index >= 15 is 0 Å². The number of nitrogens with zero attached hydrogens (tertiary/aromatic N) is 2. The second kappa shape index (κ2) is 5.37. The van der Waals surface area contributed by atoms with Gasteiger partial charge in [-0.15, -0.1) is 0 Å². The molecular weight excluding hydrogens is 300 g/mol. The maximum atomic E-state index is 5.82. The molecule has 0 aliphatic rings. The Hall–Kier alpha value is -1.27. The lowest BCUT2D eigenvalue weighted by molar-refractivity contribution is 0.979. The van der Waals surface area contributed by atoms with Crippen LogP contribution in [0.1, 0.15) is 0 Å². The standard InChI is InChI=1S/C11H11BrN4S/c1-17-11-14-6-9(13)10(16-11)15-8-4-2-3-7(12)5-8/h2-6H,13H2,1H3,(H,14,15,16). The third kappa shape index (κ3) is 3.10. The maximum absolute atomic E-state index is 5.82. The minimum absolute atomic E-state index is 0.530. The normalized spacial score (nSPS) is 10.2. The van der Waals surface area contributed by atoms with E-state index in [1.807, 2.05) is 30.5 Å². The van der Waals surface area contributed by atoms with Crippen LogP contribution in [-0.2, 0) is 0 Å². The van der Waals surface area contributed by atoms with E-state index in [0.29, 0.717) is 16.7 Å². The zero-order chi connectivity index (χ0) is 12.3. The van der Waals surface area contributed by atoms with Gasteiger partial charge in [0.15, 0.2) is 11.0 Å². The number of nitrogens with one attached hydrogen (secondary N) is 1. The fourth-order valence-corrected chi connectivity index (χ4v) is 2.02. The van der Waals surface area contributed by atoms with Gasteiger partial charge < -0.3 is 11.1 Å². The van der Waals surface area contributed by atoms with Crippen molar-refractivity contribution in [2.75, 3.05) is 17.3 Å². The summed E-state index contributed by atoms with van der Waals surface area (Å²) in [6.45, 7) is 0. The van der Waals surface area contributed by atoms with Crippen LogP contribution in [0.3, 0.4) is 0 Å². The van der Waals surface area contributed by atoms with Gasteiger partial charge in [0.1, 0.15) is 0 Å². The van der Waals surface area contributed by atoms with E-state index in [2.05, 4.69) is 31.2 Å². The molecule has 0 fully saturated rings. The van der Waals surface area contributed by atoms with Crippen LogP contribution in [0.25, 0.3) is 0 Å². The summed E-state index contributed by atoms with van der Waals surface area (Å²) >= 11 is 4.89. The number of benzene rings is 1. The van der Waals surface area contributed by atoms with Crippen molar-refractivity contribution in [2.45, 2.75) is 5.16 Å². The van der Waals surface area contributed by atoms with E-state index in [1.165, 1.54) is 11.8 Å². The average Bonchev–Trinajstić information content (AvgIpc) is 2.32. The summed E-state index contributed by atoms with van der Waals surface area (Å²) in [6, 6.07) is 7.81. The lowest BCUT2D eigenvalue weighted by atomic mass is 10.3. The molecule has 1 heterocycles. The molecule has 0 unspecified atom stereocenters. The number of thioether (sulfide) groups is 1. The van der Waals surface area contributed by atoms with Gasteiger partial charge in [0.25, 0.3) is 0 Å². The van der Waals surface area contributed by atoms with Crippen molar-refractivity contribution in [2.24, 2.45) is 0 Å². The quantitative estimate of drug-likeness (QED) is 0.673. The number of nitrogens with two attached hydrogens (primary N) is 1. The van der Waals surface area contributed by atoms with Crippen LogP contribution in [0.15, 0.2) is 40.1 Å². The molecule has 0 aliphatic carbocycles. The molecule has 3 N–H and O–H groups in total. The van der Waals surface area contributed by atoms with Crippen molar-refractivity contribution in [1.29, 1.82) is 0 Å². The highest BCUT2D eigenvalue weighted by molar-refractivity contribution is 9.10. The van der Waals surface area contributed by atoms with Gasteiger partial charge in [-0.1, -0.05) is 33.8 Å². The topological polar surface area (TPSA) is 63.8 Å². The van der Waals surface area contributed by atoms with Crippen LogP contribution in [0.4, 0.5) is 17.2 Å². The molecule has 0 atom stereocenters. The van der Waals surface area contributed by atoms with Crippen molar-refractivity contribution in [3.05, 3.63) is 34.9 Å². The smallest absolute Gasteiger partial charge is 0.189 e. The van der Waals surface area contributed by atoms with E-state index in [9.17, 15) is 0 Å². The zero-order valence-corrected chi connectivity index (χ0v) is 11.5. The van der Waals surface area contributed by atoms with Gasteiger partial charge in [0.05, 0.1) is 11.9 Å². The van der Waals surface area contributed by atoms with E-state index in [-0.39, 0.29) is 0 Å². The fourth-order valence-electron chi connectivity index (χ4n) is 1.28. The van der Waals surface area contributed by atoms with Crippen LogP contribution in [-0.4, -0.2) is 16.2 Å². The van der Waals surface area contributed by atoms with Crippen molar-refractivity contribution in [3.8, 4) is 0 Å². The lowest BCUT2D eigenvalue weighted by Gasteiger charge is -2.09. The highest BCUT2D eigenvalue weighted by atomic mass is 79.9. The molecule has 1 aromatic heterocycles. The monoisotopic (exact) mass is 310 g/mol. The summed E-state index contributed by atoms with van der Waals surface area (Å²) in [6.07, 6.45) is 3.54. The second-order valence-electron chi connectivity index (χ2n) is 3.30. The Bertz CT molecular complexity index is 533. The highest BCUT2D eigenvalue weighted by Gasteiger charge is 2.04. The average molecular weight is 311 g/mol. The molecule has 6 heteroatoms. The van der Waals surface area contributed by atoms with Gasteiger partial charge in [0.2, 0.25) is 0 Å². The SMILES string of the molecule is CSc1ncc(N)c(Nc2cccc(Br)c2)n1. The largest absolute Gasteiger partial charge is 0.394 e. The van der Waals surface area contributed by atoms with Crippen LogP contribution in [0.2, 0.25) is 0 Å². The highest BCUT2D eigenvalue weighted by Crippen LogP contribution is 2.24. The first-order chi connectivity index (χ1) is 8.19. The molecule has 0 bridgehead atoms. The van der Waals surface area contributed by atoms with Gasteiger partial charge in [-0.3, -0.25) is 0 Å². The van der Waals surface area contributed by atoms with Gasteiger partial charge in [-0.25, -0.2) is 9.97 Å². The molecule has 0 saturated heterocycles. The summed E-state index contributed by atoms with van der Waals surface area (Å²) in [5, 5.41) is 3.86. The molecule has 4 nitrogen and oxygen atoms in total. The lowest BCUT2D eigenvalue weighted by Crippen LogP contribution is -2.01. The van der Waals surface area contributed by atoms with Crippen LogP contribution in [0.5, 0.6) is 0 Å². The number of halogens is 1. The third-order valence-corrected chi connectivity index (χ3v) is 3.12. The molecule has 0 amide bonds. The van der Waals surface area contributed by atoms with Crippen molar-refractivity contribution < 1.29 is 0 Å². The third-order valence-electron chi connectivity index (χ3n) is 2.06. The van der Waals surface area contributed by atoms with Gasteiger partial charge in [-0.2, -0.15) is 0 Å². The number of hydrogen-bond donors (Lipinski definition) is 2. The number of nitrogen functional groups attached to an aromatic ring is 1. The first-order valence-corrected chi connectivity index (χ1v) is 6.90.